The minimum Gasteiger partial charge on any atom is -0.493 e. The van der Waals surface area contributed by atoms with E-state index in [9.17, 15) is 9.59 Å². The Labute approximate surface area is 145 Å². The summed E-state index contributed by atoms with van der Waals surface area (Å²) >= 11 is 0. The number of ether oxygens (including phenoxy) is 2. The summed E-state index contributed by atoms with van der Waals surface area (Å²) in [6, 6.07) is 5.05. The maximum atomic E-state index is 12.6. The van der Waals surface area contributed by atoms with E-state index in [1.165, 1.54) is 13.4 Å². The zero-order valence-electron chi connectivity index (χ0n) is 14.6. The Hall–Kier alpha value is -2.96. The summed E-state index contributed by atoms with van der Waals surface area (Å²) in [5.41, 5.74) is 1.68. The lowest BCUT2D eigenvalue weighted by molar-refractivity contribution is -0.136. The zero-order chi connectivity index (χ0) is 18.6. The number of nitrogens with one attached hydrogen (secondary N) is 1. The molecule has 25 heavy (non-hydrogen) atoms. The highest BCUT2D eigenvalue weighted by Gasteiger charge is 2.22. The molecule has 1 atom stereocenters. The lowest BCUT2D eigenvalue weighted by atomic mass is 10.1. The quantitative estimate of drug-likeness (QED) is 0.799. The summed E-state index contributed by atoms with van der Waals surface area (Å²) in [4.78, 5) is 23.5. The van der Waals surface area contributed by atoms with E-state index < -0.39 is 5.97 Å². The summed E-state index contributed by atoms with van der Waals surface area (Å²) in [5, 5.41) is 11.8. The van der Waals surface area contributed by atoms with Crippen LogP contribution in [0.3, 0.4) is 0 Å². The molecule has 2 rings (SSSR count). The van der Waals surface area contributed by atoms with Crippen LogP contribution in [0.5, 0.6) is 11.5 Å². The Morgan fingerprint density at radius 3 is 2.52 bits per heavy atom. The molecule has 0 aliphatic heterocycles. The largest absolute Gasteiger partial charge is 0.493 e. The Morgan fingerprint density at radius 2 is 1.92 bits per heavy atom. The van der Waals surface area contributed by atoms with Crippen molar-refractivity contribution in [1.29, 1.82) is 0 Å². The fourth-order valence-corrected chi connectivity index (χ4v) is 2.54. The predicted octanol–water partition coefficient (Wildman–Crippen LogP) is 2.72. The van der Waals surface area contributed by atoms with Crippen LogP contribution in [0.15, 0.2) is 28.9 Å². The molecule has 0 saturated heterocycles. The van der Waals surface area contributed by atoms with Crippen LogP contribution in [-0.2, 0) is 11.2 Å². The number of carboxylic acids is 1. The van der Waals surface area contributed by atoms with Crippen LogP contribution >= 0.6 is 0 Å². The molecule has 1 aromatic carbocycles. The van der Waals surface area contributed by atoms with E-state index in [2.05, 4.69) is 5.32 Å². The van der Waals surface area contributed by atoms with E-state index in [4.69, 9.17) is 19.0 Å². The van der Waals surface area contributed by atoms with Gasteiger partial charge >= 0.3 is 5.97 Å². The van der Waals surface area contributed by atoms with Crippen molar-refractivity contribution in [3.63, 3.8) is 0 Å². The zero-order valence-corrected chi connectivity index (χ0v) is 14.6. The van der Waals surface area contributed by atoms with Gasteiger partial charge in [-0.3, -0.25) is 9.59 Å². The van der Waals surface area contributed by atoms with Crippen molar-refractivity contribution >= 4 is 11.9 Å². The lowest BCUT2D eigenvalue weighted by Gasteiger charge is -2.17. The number of rotatable bonds is 7. The second-order valence-corrected chi connectivity index (χ2v) is 5.60. The molecule has 1 unspecified atom stereocenters. The van der Waals surface area contributed by atoms with E-state index >= 15 is 0 Å². The van der Waals surface area contributed by atoms with Crippen molar-refractivity contribution in [3.05, 3.63) is 46.9 Å². The van der Waals surface area contributed by atoms with Crippen LogP contribution in [0.4, 0.5) is 0 Å². The van der Waals surface area contributed by atoms with Gasteiger partial charge in [0, 0.05) is 5.56 Å². The highest BCUT2D eigenvalue weighted by atomic mass is 16.5. The Morgan fingerprint density at radius 1 is 1.24 bits per heavy atom. The molecule has 0 fully saturated rings. The molecule has 134 valence electrons. The molecule has 7 heteroatoms. The third-order valence-corrected chi connectivity index (χ3v) is 3.85. The van der Waals surface area contributed by atoms with Crippen molar-refractivity contribution in [2.45, 2.75) is 26.3 Å². The molecular formula is C18H21NO6. The van der Waals surface area contributed by atoms with Crippen molar-refractivity contribution in [2.24, 2.45) is 0 Å². The number of hydrogen-bond acceptors (Lipinski definition) is 5. The number of carbonyl (C=O) groups excluding carboxylic acids is 1. The minimum atomic E-state index is -1.06. The highest BCUT2D eigenvalue weighted by molar-refractivity contribution is 5.97. The third kappa shape index (κ3) is 4.12. The van der Waals surface area contributed by atoms with Gasteiger partial charge < -0.3 is 24.3 Å². The van der Waals surface area contributed by atoms with Gasteiger partial charge in [0.25, 0.3) is 5.91 Å². The van der Waals surface area contributed by atoms with Gasteiger partial charge in [-0.1, -0.05) is 6.07 Å². The van der Waals surface area contributed by atoms with Gasteiger partial charge in [0.1, 0.15) is 12.2 Å². The van der Waals surface area contributed by atoms with Crippen LogP contribution in [0.1, 0.15) is 40.2 Å². The average Bonchev–Trinajstić information content (AvgIpc) is 2.93. The summed E-state index contributed by atoms with van der Waals surface area (Å²) in [7, 11) is 3.09. The summed E-state index contributed by atoms with van der Waals surface area (Å²) < 4.78 is 15.7. The Kier molecular flexibility index (Phi) is 5.69. The summed E-state index contributed by atoms with van der Waals surface area (Å²) in [6.07, 6.45) is 1.04. The molecular weight excluding hydrogens is 326 g/mol. The molecule has 1 heterocycles. The smallest absolute Gasteiger partial charge is 0.311 e. The normalized spacial score (nSPS) is 11.7. The Balaban J connectivity index is 2.21. The van der Waals surface area contributed by atoms with Crippen LogP contribution < -0.4 is 14.8 Å². The van der Waals surface area contributed by atoms with E-state index in [1.807, 2.05) is 13.0 Å². The van der Waals surface area contributed by atoms with Crippen molar-refractivity contribution in [3.8, 4) is 11.5 Å². The number of aryl methyl sites for hydroxylation is 1. The topological polar surface area (TPSA) is 98.0 Å². The minimum absolute atomic E-state index is 0.141. The van der Waals surface area contributed by atoms with E-state index in [-0.39, 0.29) is 29.7 Å². The van der Waals surface area contributed by atoms with Gasteiger partial charge in [-0.15, -0.1) is 0 Å². The number of benzene rings is 1. The van der Waals surface area contributed by atoms with Gasteiger partial charge in [0.2, 0.25) is 0 Å². The molecule has 0 aliphatic carbocycles. The second-order valence-electron chi connectivity index (χ2n) is 5.60. The molecule has 0 aliphatic rings. The standard InChI is InChI=1S/C18H21NO6/c1-10-9-25-15(8-16(20)21)17(10)18(22)19-11(2)12-5-6-13(23-3)14(7-12)24-4/h5-7,9,11H,8H2,1-4H3,(H,19,22)(H,20,21). The third-order valence-electron chi connectivity index (χ3n) is 3.85. The first-order valence-electron chi connectivity index (χ1n) is 7.68. The number of carboxylic acid groups (broad SMARTS) is 1. The van der Waals surface area contributed by atoms with Gasteiger partial charge in [-0.25, -0.2) is 0 Å². The summed E-state index contributed by atoms with van der Waals surface area (Å²) in [5.74, 6) is -0.144. The molecule has 7 nitrogen and oxygen atoms in total. The molecule has 2 aromatic rings. The van der Waals surface area contributed by atoms with Crippen molar-refractivity contribution in [1.82, 2.24) is 5.32 Å². The number of methoxy groups -OCH3 is 2. The number of amides is 1. The van der Waals surface area contributed by atoms with Gasteiger partial charge in [-0.05, 0) is 31.5 Å². The molecule has 0 bridgehead atoms. The maximum Gasteiger partial charge on any atom is 0.311 e. The first-order valence-corrected chi connectivity index (χ1v) is 7.68. The fraction of sp³-hybridized carbons (Fsp3) is 0.333. The van der Waals surface area contributed by atoms with Crippen LogP contribution in [0, 0.1) is 6.92 Å². The molecule has 1 amide bonds. The second kappa shape index (κ2) is 7.74. The lowest BCUT2D eigenvalue weighted by Crippen LogP contribution is -2.28. The van der Waals surface area contributed by atoms with Crippen LogP contribution in [0.25, 0.3) is 0 Å². The maximum absolute atomic E-state index is 12.6. The molecule has 0 radical (unpaired) electrons. The molecule has 0 spiro atoms. The SMILES string of the molecule is COc1ccc(C(C)NC(=O)c2c(C)coc2CC(=O)O)cc1OC. The van der Waals surface area contributed by atoms with E-state index in [0.29, 0.717) is 17.1 Å². The molecule has 0 saturated carbocycles. The molecule has 1 aromatic heterocycles. The number of aliphatic carboxylic acids is 1. The van der Waals surface area contributed by atoms with Gasteiger partial charge in [0.15, 0.2) is 11.5 Å². The van der Waals surface area contributed by atoms with Crippen LogP contribution in [-0.4, -0.2) is 31.2 Å². The van der Waals surface area contributed by atoms with Gasteiger partial charge in [-0.2, -0.15) is 0 Å². The van der Waals surface area contributed by atoms with Crippen molar-refractivity contribution < 1.29 is 28.6 Å². The number of hydrogen-bond donors (Lipinski definition) is 2. The number of furan rings is 1. The predicted molar refractivity (Wildman–Crippen MR) is 90.2 cm³/mol. The highest BCUT2D eigenvalue weighted by Crippen LogP contribution is 2.30. The number of carbonyl (C=O) groups is 2. The van der Waals surface area contributed by atoms with Gasteiger partial charge in [0.05, 0.1) is 32.1 Å². The molecule has 2 N–H and O–H groups in total. The van der Waals surface area contributed by atoms with Crippen molar-refractivity contribution in [2.75, 3.05) is 14.2 Å². The first kappa shape index (κ1) is 18.4. The fourth-order valence-electron chi connectivity index (χ4n) is 2.54. The van der Waals surface area contributed by atoms with Crippen LogP contribution in [0.2, 0.25) is 0 Å². The van der Waals surface area contributed by atoms with E-state index in [1.54, 1.807) is 26.2 Å². The first-order chi connectivity index (χ1) is 11.9. The monoisotopic (exact) mass is 347 g/mol. The Bertz CT molecular complexity index is 780. The average molecular weight is 347 g/mol. The van der Waals surface area contributed by atoms with E-state index in [0.717, 1.165) is 5.56 Å². The summed E-state index contributed by atoms with van der Waals surface area (Å²) in [6.45, 7) is 3.52.